The van der Waals surface area contributed by atoms with Crippen molar-refractivity contribution in [2.45, 2.75) is 6.42 Å². The molecule has 3 aromatic rings. The SMILES string of the molecule is O=C(NCCCO)C(=Cc1ccc(-c2ccccc2Cl)s1)NC(=O)c1ccccc1. The van der Waals surface area contributed by atoms with Crippen molar-refractivity contribution < 1.29 is 14.7 Å². The van der Waals surface area contributed by atoms with Crippen molar-refractivity contribution in [3.05, 3.63) is 87.9 Å². The second kappa shape index (κ2) is 10.7. The van der Waals surface area contributed by atoms with Gasteiger partial charge >= 0.3 is 0 Å². The monoisotopic (exact) mass is 440 g/mol. The highest BCUT2D eigenvalue weighted by Gasteiger charge is 2.15. The molecule has 0 saturated heterocycles. The molecule has 0 spiro atoms. The Morgan fingerprint density at radius 3 is 2.47 bits per heavy atom. The van der Waals surface area contributed by atoms with E-state index in [1.54, 1.807) is 30.3 Å². The van der Waals surface area contributed by atoms with Gasteiger partial charge in [-0.15, -0.1) is 11.3 Å². The fourth-order valence-corrected chi connectivity index (χ4v) is 3.98. The third kappa shape index (κ3) is 5.79. The van der Waals surface area contributed by atoms with E-state index < -0.39 is 5.91 Å². The maximum atomic E-state index is 12.6. The molecule has 0 aliphatic rings. The van der Waals surface area contributed by atoms with Gasteiger partial charge in [-0.05, 0) is 42.8 Å². The number of thiophene rings is 1. The van der Waals surface area contributed by atoms with Gasteiger partial charge in [-0.3, -0.25) is 9.59 Å². The molecule has 3 rings (SSSR count). The largest absolute Gasteiger partial charge is 0.396 e. The third-order valence-corrected chi connectivity index (χ3v) is 5.60. The molecule has 2 amide bonds. The quantitative estimate of drug-likeness (QED) is 0.360. The smallest absolute Gasteiger partial charge is 0.267 e. The standard InChI is InChI=1S/C23H21ClN2O3S/c24-19-10-5-4-9-18(19)21-12-11-17(30-21)15-20(23(29)25-13-6-14-27)26-22(28)16-7-2-1-3-8-16/h1-5,7-12,15,27H,6,13-14H2,(H,25,29)(H,26,28). The molecule has 0 aliphatic heterocycles. The molecule has 1 aromatic heterocycles. The lowest BCUT2D eigenvalue weighted by Gasteiger charge is -2.10. The number of hydrogen-bond acceptors (Lipinski definition) is 4. The van der Waals surface area contributed by atoms with Gasteiger partial charge in [0.05, 0.1) is 0 Å². The predicted octanol–water partition coefficient (Wildman–Crippen LogP) is 4.34. The molecule has 0 aliphatic carbocycles. The molecular formula is C23H21ClN2O3S. The zero-order valence-electron chi connectivity index (χ0n) is 16.1. The molecule has 0 bridgehead atoms. The Labute approximate surface area is 184 Å². The fourth-order valence-electron chi connectivity index (χ4n) is 2.70. The van der Waals surface area contributed by atoms with E-state index in [1.807, 2.05) is 42.5 Å². The Balaban J connectivity index is 1.85. The van der Waals surface area contributed by atoms with Crippen LogP contribution in [-0.2, 0) is 4.79 Å². The lowest BCUT2D eigenvalue weighted by Crippen LogP contribution is -2.35. The van der Waals surface area contributed by atoms with Crippen LogP contribution in [0.5, 0.6) is 0 Å². The fraction of sp³-hybridized carbons (Fsp3) is 0.130. The Morgan fingerprint density at radius 1 is 1.00 bits per heavy atom. The maximum absolute atomic E-state index is 12.6. The zero-order valence-corrected chi connectivity index (χ0v) is 17.7. The van der Waals surface area contributed by atoms with Gasteiger partial charge in [0, 0.05) is 39.1 Å². The number of carbonyl (C=O) groups excluding carboxylic acids is 2. The van der Waals surface area contributed by atoms with E-state index in [9.17, 15) is 9.59 Å². The van der Waals surface area contributed by atoms with Gasteiger partial charge in [-0.1, -0.05) is 48.0 Å². The number of aliphatic hydroxyl groups is 1. The number of rotatable bonds is 8. The molecule has 0 saturated carbocycles. The molecule has 2 aromatic carbocycles. The summed E-state index contributed by atoms with van der Waals surface area (Å²) in [4.78, 5) is 26.9. The number of nitrogens with one attached hydrogen (secondary N) is 2. The molecule has 154 valence electrons. The van der Waals surface area contributed by atoms with Gasteiger partial charge in [0.2, 0.25) is 0 Å². The average Bonchev–Trinajstić information content (AvgIpc) is 3.22. The Bertz CT molecular complexity index is 1050. The van der Waals surface area contributed by atoms with E-state index in [-0.39, 0.29) is 18.2 Å². The zero-order chi connectivity index (χ0) is 21.3. The second-order valence-electron chi connectivity index (χ2n) is 6.39. The predicted molar refractivity (Wildman–Crippen MR) is 121 cm³/mol. The molecule has 3 N–H and O–H groups in total. The third-order valence-electron chi connectivity index (χ3n) is 4.20. The summed E-state index contributed by atoms with van der Waals surface area (Å²) in [5.74, 6) is -0.789. The maximum Gasteiger partial charge on any atom is 0.267 e. The lowest BCUT2D eigenvalue weighted by atomic mass is 10.2. The summed E-state index contributed by atoms with van der Waals surface area (Å²) in [7, 11) is 0. The number of carbonyl (C=O) groups is 2. The molecule has 7 heteroatoms. The molecule has 0 radical (unpaired) electrons. The molecule has 30 heavy (non-hydrogen) atoms. The highest BCUT2D eigenvalue weighted by molar-refractivity contribution is 7.16. The van der Waals surface area contributed by atoms with Crippen LogP contribution in [0.3, 0.4) is 0 Å². The summed E-state index contributed by atoms with van der Waals surface area (Å²) in [6.07, 6.45) is 2.07. The lowest BCUT2D eigenvalue weighted by molar-refractivity contribution is -0.117. The second-order valence-corrected chi connectivity index (χ2v) is 7.92. The van der Waals surface area contributed by atoms with E-state index in [2.05, 4.69) is 10.6 Å². The van der Waals surface area contributed by atoms with Crippen molar-refractivity contribution in [1.82, 2.24) is 10.6 Å². The van der Waals surface area contributed by atoms with Crippen molar-refractivity contribution in [2.24, 2.45) is 0 Å². The Morgan fingerprint density at radius 2 is 1.73 bits per heavy atom. The van der Waals surface area contributed by atoms with Crippen molar-refractivity contribution >= 4 is 40.8 Å². The van der Waals surface area contributed by atoms with Crippen LogP contribution >= 0.6 is 22.9 Å². The van der Waals surface area contributed by atoms with Crippen LogP contribution in [0.25, 0.3) is 16.5 Å². The summed E-state index contributed by atoms with van der Waals surface area (Å²) in [6, 6.07) is 20.0. The molecule has 0 fully saturated rings. The summed E-state index contributed by atoms with van der Waals surface area (Å²) < 4.78 is 0. The van der Waals surface area contributed by atoms with Crippen LogP contribution in [-0.4, -0.2) is 30.1 Å². The summed E-state index contributed by atoms with van der Waals surface area (Å²) >= 11 is 7.75. The summed E-state index contributed by atoms with van der Waals surface area (Å²) in [5.41, 5.74) is 1.50. The highest BCUT2D eigenvalue weighted by atomic mass is 35.5. The molecule has 1 heterocycles. The van der Waals surface area contributed by atoms with Crippen LogP contribution in [0.1, 0.15) is 21.7 Å². The average molecular weight is 441 g/mol. The van der Waals surface area contributed by atoms with Crippen molar-refractivity contribution in [3.8, 4) is 10.4 Å². The van der Waals surface area contributed by atoms with Gasteiger partial charge in [-0.2, -0.15) is 0 Å². The first-order chi connectivity index (χ1) is 14.6. The van der Waals surface area contributed by atoms with Gasteiger partial charge < -0.3 is 15.7 Å². The van der Waals surface area contributed by atoms with Crippen molar-refractivity contribution in [2.75, 3.05) is 13.2 Å². The number of amides is 2. The van der Waals surface area contributed by atoms with Crippen LogP contribution in [0, 0.1) is 0 Å². The molecular weight excluding hydrogens is 420 g/mol. The first-order valence-corrected chi connectivity index (χ1v) is 10.6. The van der Waals surface area contributed by atoms with Crippen LogP contribution in [0.4, 0.5) is 0 Å². The topological polar surface area (TPSA) is 78.4 Å². The van der Waals surface area contributed by atoms with Crippen LogP contribution in [0.2, 0.25) is 5.02 Å². The van der Waals surface area contributed by atoms with E-state index in [4.69, 9.17) is 16.7 Å². The first kappa shape index (κ1) is 21.8. The summed E-state index contributed by atoms with van der Waals surface area (Å²) in [5, 5.41) is 15.0. The minimum absolute atomic E-state index is 0.0260. The molecule has 5 nitrogen and oxygen atoms in total. The molecule has 0 unspecified atom stereocenters. The number of halogens is 1. The van der Waals surface area contributed by atoms with Gasteiger partial charge in [0.15, 0.2) is 0 Å². The van der Waals surface area contributed by atoms with Gasteiger partial charge in [0.1, 0.15) is 5.70 Å². The Hall–Kier alpha value is -2.93. The van der Waals surface area contributed by atoms with E-state index in [0.717, 1.165) is 15.3 Å². The normalized spacial score (nSPS) is 11.2. The Kier molecular flexibility index (Phi) is 7.79. The highest BCUT2D eigenvalue weighted by Crippen LogP contribution is 2.33. The van der Waals surface area contributed by atoms with Crippen LogP contribution < -0.4 is 10.6 Å². The van der Waals surface area contributed by atoms with Gasteiger partial charge in [-0.25, -0.2) is 0 Å². The van der Waals surface area contributed by atoms with E-state index >= 15 is 0 Å². The first-order valence-electron chi connectivity index (χ1n) is 9.40. The number of aliphatic hydroxyl groups excluding tert-OH is 1. The molecule has 0 atom stereocenters. The minimum atomic E-state index is -0.416. The minimum Gasteiger partial charge on any atom is -0.396 e. The van der Waals surface area contributed by atoms with Gasteiger partial charge in [0.25, 0.3) is 11.8 Å². The van der Waals surface area contributed by atoms with Crippen LogP contribution in [0.15, 0.2) is 72.4 Å². The van der Waals surface area contributed by atoms with E-state index in [0.29, 0.717) is 23.6 Å². The number of benzene rings is 2. The summed E-state index contributed by atoms with van der Waals surface area (Å²) in [6.45, 7) is 0.283. The van der Waals surface area contributed by atoms with Crippen molar-refractivity contribution in [1.29, 1.82) is 0 Å². The number of hydrogen-bond donors (Lipinski definition) is 3. The van der Waals surface area contributed by atoms with E-state index in [1.165, 1.54) is 11.3 Å². The van der Waals surface area contributed by atoms with Crippen molar-refractivity contribution in [3.63, 3.8) is 0 Å².